The van der Waals surface area contributed by atoms with Crippen LogP contribution in [0.5, 0.6) is 0 Å². The molecule has 8 heteroatoms. The molecule has 0 unspecified atom stereocenters. The minimum absolute atomic E-state index is 0.243. The SMILES string of the molecule is COC(=O)c1ccc(CSc2n[nH]c(=O)n2C)c(Br)c1. The fourth-order valence-corrected chi connectivity index (χ4v) is 3.14. The molecule has 0 atom stereocenters. The lowest BCUT2D eigenvalue weighted by Crippen LogP contribution is -2.12. The van der Waals surface area contributed by atoms with Gasteiger partial charge in [0, 0.05) is 17.3 Å². The van der Waals surface area contributed by atoms with Gasteiger partial charge < -0.3 is 4.74 Å². The molecule has 106 valence electrons. The summed E-state index contributed by atoms with van der Waals surface area (Å²) in [6.45, 7) is 0. The molecule has 0 aliphatic heterocycles. The van der Waals surface area contributed by atoms with E-state index in [1.54, 1.807) is 19.2 Å². The van der Waals surface area contributed by atoms with Crippen LogP contribution in [0.1, 0.15) is 15.9 Å². The molecule has 0 aliphatic rings. The molecule has 1 aromatic carbocycles. The van der Waals surface area contributed by atoms with Gasteiger partial charge in [0.15, 0.2) is 5.16 Å². The minimum atomic E-state index is -0.375. The number of carbonyl (C=O) groups excluding carboxylic acids is 1. The van der Waals surface area contributed by atoms with Crippen LogP contribution < -0.4 is 5.69 Å². The first-order chi connectivity index (χ1) is 9.52. The van der Waals surface area contributed by atoms with Crippen molar-refractivity contribution in [2.24, 2.45) is 7.05 Å². The highest BCUT2D eigenvalue weighted by Gasteiger charge is 2.10. The lowest BCUT2D eigenvalue weighted by atomic mass is 10.1. The number of nitrogens with zero attached hydrogens (tertiary/aromatic N) is 2. The molecular weight excluding hydrogens is 346 g/mol. The van der Waals surface area contributed by atoms with Gasteiger partial charge in [0.05, 0.1) is 12.7 Å². The second-order valence-corrected chi connectivity index (χ2v) is 5.75. The van der Waals surface area contributed by atoms with Crippen molar-refractivity contribution in [3.8, 4) is 0 Å². The minimum Gasteiger partial charge on any atom is -0.465 e. The zero-order valence-corrected chi connectivity index (χ0v) is 13.2. The fourth-order valence-electron chi connectivity index (χ4n) is 1.51. The first-order valence-corrected chi connectivity index (χ1v) is 7.41. The number of carbonyl (C=O) groups is 1. The molecular formula is C12H12BrN3O3S. The Hall–Kier alpha value is -1.54. The number of esters is 1. The van der Waals surface area contributed by atoms with E-state index < -0.39 is 0 Å². The van der Waals surface area contributed by atoms with Crippen molar-refractivity contribution in [3.63, 3.8) is 0 Å². The van der Waals surface area contributed by atoms with Gasteiger partial charge in [0.2, 0.25) is 0 Å². The number of hydrogen-bond acceptors (Lipinski definition) is 5. The smallest absolute Gasteiger partial charge is 0.343 e. The van der Waals surface area contributed by atoms with E-state index in [9.17, 15) is 9.59 Å². The van der Waals surface area contributed by atoms with E-state index in [1.165, 1.54) is 23.4 Å². The number of aromatic nitrogens is 3. The van der Waals surface area contributed by atoms with Crippen LogP contribution in [0.15, 0.2) is 32.6 Å². The summed E-state index contributed by atoms with van der Waals surface area (Å²) in [6.07, 6.45) is 0. The molecule has 1 heterocycles. The first-order valence-electron chi connectivity index (χ1n) is 5.64. The van der Waals surface area contributed by atoms with E-state index in [2.05, 4.69) is 30.9 Å². The molecule has 0 saturated carbocycles. The quantitative estimate of drug-likeness (QED) is 0.668. The maximum Gasteiger partial charge on any atom is 0.343 e. The second-order valence-electron chi connectivity index (χ2n) is 3.96. The van der Waals surface area contributed by atoms with Crippen LogP contribution in [0.2, 0.25) is 0 Å². The topological polar surface area (TPSA) is 77.0 Å². The predicted octanol–water partition coefficient (Wildman–Crippen LogP) is 1.95. The molecule has 1 N–H and O–H groups in total. The monoisotopic (exact) mass is 357 g/mol. The largest absolute Gasteiger partial charge is 0.465 e. The molecule has 0 aliphatic carbocycles. The van der Waals surface area contributed by atoms with Crippen molar-refractivity contribution >= 4 is 33.7 Å². The van der Waals surface area contributed by atoms with E-state index in [4.69, 9.17) is 0 Å². The average molecular weight is 358 g/mol. The van der Waals surface area contributed by atoms with Gasteiger partial charge >= 0.3 is 11.7 Å². The number of benzene rings is 1. The van der Waals surface area contributed by atoms with Crippen molar-refractivity contribution in [3.05, 3.63) is 44.3 Å². The lowest BCUT2D eigenvalue weighted by molar-refractivity contribution is 0.0600. The van der Waals surface area contributed by atoms with Crippen LogP contribution in [0, 0.1) is 0 Å². The number of rotatable bonds is 4. The number of thioether (sulfide) groups is 1. The fraction of sp³-hybridized carbons (Fsp3) is 0.250. The zero-order valence-electron chi connectivity index (χ0n) is 10.8. The molecule has 6 nitrogen and oxygen atoms in total. The van der Waals surface area contributed by atoms with Crippen LogP contribution in [0.3, 0.4) is 0 Å². The Bertz CT molecular complexity index is 695. The Morgan fingerprint density at radius 3 is 2.85 bits per heavy atom. The first kappa shape index (κ1) is 14.9. The summed E-state index contributed by atoms with van der Waals surface area (Å²) < 4.78 is 6.92. The molecule has 2 aromatic rings. The standard InChI is InChI=1S/C12H12BrN3O3S/c1-16-11(18)14-15-12(16)20-6-8-4-3-7(5-9(8)13)10(17)19-2/h3-5H,6H2,1-2H3,(H,14,18). The number of H-pyrrole nitrogens is 1. The van der Waals surface area contributed by atoms with Gasteiger partial charge in [-0.05, 0) is 17.7 Å². The molecule has 1 aromatic heterocycles. The molecule has 0 fully saturated rings. The van der Waals surface area contributed by atoms with E-state index >= 15 is 0 Å². The van der Waals surface area contributed by atoms with Gasteiger partial charge in [0.25, 0.3) is 0 Å². The number of hydrogen-bond donors (Lipinski definition) is 1. The van der Waals surface area contributed by atoms with Gasteiger partial charge in [-0.15, -0.1) is 5.10 Å². The molecule has 20 heavy (non-hydrogen) atoms. The van der Waals surface area contributed by atoms with Crippen LogP contribution >= 0.6 is 27.7 Å². The van der Waals surface area contributed by atoms with Gasteiger partial charge in [-0.25, -0.2) is 14.7 Å². The van der Waals surface area contributed by atoms with Crippen LogP contribution in [0.4, 0.5) is 0 Å². The maximum absolute atomic E-state index is 11.4. The number of aromatic amines is 1. The molecule has 0 spiro atoms. The van der Waals surface area contributed by atoms with Crippen LogP contribution in [-0.4, -0.2) is 27.8 Å². The van der Waals surface area contributed by atoms with Crippen molar-refractivity contribution in [1.82, 2.24) is 14.8 Å². The molecule has 0 radical (unpaired) electrons. The van der Waals surface area contributed by atoms with Gasteiger partial charge in [-0.3, -0.25) is 4.57 Å². The van der Waals surface area contributed by atoms with Crippen molar-refractivity contribution in [2.75, 3.05) is 7.11 Å². The number of methoxy groups -OCH3 is 1. The van der Waals surface area contributed by atoms with Gasteiger partial charge in [-0.2, -0.15) is 0 Å². The Morgan fingerprint density at radius 1 is 1.55 bits per heavy atom. The van der Waals surface area contributed by atoms with Crippen molar-refractivity contribution in [1.29, 1.82) is 0 Å². The Balaban J connectivity index is 2.12. The molecule has 0 saturated heterocycles. The summed E-state index contributed by atoms with van der Waals surface area (Å²) in [6, 6.07) is 5.26. The highest BCUT2D eigenvalue weighted by atomic mass is 79.9. The maximum atomic E-state index is 11.4. The van der Waals surface area contributed by atoms with Crippen LogP contribution in [-0.2, 0) is 17.5 Å². The second kappa shape index (κ2) is 6.27. The Labute approximate surface area is 127 Å². The molecule has 0 amide bonds. The van der Waals surface area contributed by atoms with E-state index in [-0.39, 0.29) is 11.7 Å². The summed E-state index contributed by atoms with van der Waals surface area (Å²) in [5.74, 6) is 0.250. The number of nitrogens with one attached hydrogen (secondary N) is 1. The van der Waals surface area contributed by atoms with E-state index in [0.29, 0.717) is 16.5 Å². The zero-order chi connectivity index (χ0) is 14.7. The highest BCUT2D eigenvalue weighted by Crippen LogP contribution is 2.26. The molecule has 2 rings (SSSR count). The summed E-state index contributed by atoms with van der Waals surface area (Å²) in [4.78, 5) is 22.6. The Morgan fingerprint density at radius 2 is 2.30 bits per heavy atom. The average Bonchev–Trinajstić information content (AvgIpc) is 2.76. The van der Waals surface area contributed by atoms with Gasteiger partial charge in [-0.1, -0.05) is 33.8 Å². The van der Waals surface area contributed by atoms with Crippen molar-refractivity contribution in [2.45, 2.75) is 10.9 Å². The summed E-state index contributed by atoms with van der Waals surface area (Å²) >= 11 is 4.85. The van der Waals surface area contributed by atoms with E-state index in [1.807, 2.05) is 6.07 Å². The van der Waals surface area contributed by atoms with Crippen molar-refractivity contribution < 1.29 is 9.53 Å². The third-order valence-electron chi connectivity index (χ3n) is 2.67. The third kappa shape index (κ3) is 3.13. The molecule has 0 bridgehead atoms. The van der Waals surface area contributed by atoms with Crippen LogP contribution in [0.25, 0.3) is 0 Å². The highest BCUT2D eigenvalue weighted by molar-refractivity contribution is 9.10. The lowest BCUT2D eigenvalue weighted by Gasteiger charge is -2.06. The number of ether oxygens (including phenoxy) is 1. The summed E-state index contributed by atoms with van der Waals surface area (Å²) in [5, 5.41) is 6.91. The Kier molecular flexibility index (Phi) is 4.66. The normalized spacial score (nSPS) is 10.6. The van der Waals surface area contributed by atoms with Gasteiger partial charge in [0.1, 0.15) is 0 Å². The summed E-state index contributed by atoms with van der Waals surface area (Å²) in [7, 11) is 3.00. The van der Waals surface area contributed by atoms with E-state index in [0.717, 1.165) is 10.0 Å². The predicted molar refractivity (Wildman–Crippen MR) is 78.9 cm³/mol. The summed E-state index contributed by atoms with van der Waals surface area (Å²) in [5.41, 5.74) is 1.24. The third-order valence-corrected chi connectivity index (χ3v) is 4.49. The number of halogens is 1.